The molecule has 0 aliphatic heterocycles. The Morgan fingerprint density at radius 3 is 2.85 bits per heavy atom. The topological polar surface area (TPSA) is 64.0 Å². The number of carbonyl (C=O) groups excluding carboxylic acids is 1. The fraction of sp³-hybridized carbons (Fsp3) is 0.154. The van der Waals surface area contributed by atoms with Gasteiger partial charge < -0.3 is 5.32 Å². The minimum absolute atomic E-state index is 0.144. The number of nitrogens with one attached hydrogen (secondary N) is 1. The lowest BCUT2D eigenvalue weighted by Crippen LogP contribution is -2.27. The number of aryl methyl sites for hydroxylation is 1. The number of hydrogen-bond acceptors (Lipinski definition) is 3. The summed E-state index contributed by atoms with van der Waals surface area (Å²) in [5.74, 6) is -0.387. The second-order valence-corrected chi connectivity index (χ2v) is 4.93. The fourth-order valence-corrected chi connectivity index (χ4v) is 1.93. The first-order chi connectivity index (χ1) is 9.47. The van der Waals surface area contributed by atoms with E-state index in [1.807, 2.05) is 0 Å². The third kappa shape index (κ3) is 3.37. The molecule has 0 atom stereocenters. The highest BCUT2D eigenvalue weighted by Crippen LogP contribution is 2.29. The number of aromatic nitrogens is 2. The number of benzene rings is 1. The Morgan fingerprint density at radius 2 is 2.15 bits per heavy atom. The second kappa shape index (κ2) is 6.07. The molecule has 20 heavy (non-hydrogen) atoms. The molecule has 0 saturated heterocycles. The van der Waals surface area contributed by atoms with Gasteiger partial charge in [-0.25, -0.2) is 4.98 Å². The van der Waals surface area contributed by atoms with Gasteiger partial charge >= 0.3 is 0 Å². The van der Waals surface area contributed by atoms with E-state index in [2.05, 4.69) is 10.3 Å². The van der Waals surface area contributed by atoms with Crippen molar-refractivity contribution in [1.82, 2.24) is 9.55 Å². The minimum Gasteiger partial charge on any atom is -0.323 e. The number of hydrogen-bond donors (Lipinski definition) is 1. The second-order valence-electron chi connectivity index (χ2n) is 4.15. The number of rotatable bonds is 3. The summed E-state index contributed by atoms with van der Waals surface area (Å²) in [7, 11) is 0. The summed E-state index contributed by atoms with van der Waals surface area (Å²) < 4.78 is 1.21. The lowest BCUT2D eigenvalue weighted by Gasteiger charge is -2.09. The van der Waals surface area contributed by atoms with Gasteiger partial charge in [-0.05, 0) is 19.1 Å². The molecule has 0 saturated carbocycles. The summed E-state index contributed by atoms with van der Waals surface area (Å²) in [6.45, 7) is 1.56. The normalized spacial score (nSPS) is 10.3. The van der Waals surface area contributed by atoms with Crippen LogP contribution in [0.15, 0.2) is 35.4 Å². The first-order valence-corrected chi connectivity index (χ1v) is 6.50. The molecular formula is C13H11Cl2N3O2. The number of anilines is 1. The van der Waals surface area contributed by atoms with Crippen LogP contribution in [-0.4, -0.2) is 15.5 Å². The third-order valence-electron chi connectivity index (χ3n) is 2.56. The van der Waals surface area contributed by atoms with Gasteiger partial charge in [0.1, 0.15) is 6.54 Å². The van der Waals surface area contributed by atoms with E-state index in [1.165, 1.54) is 17.0 Å². The van der Waals surface area contributed by atoms with Crippen LogP contribution in [-0.2, 0) is 11.3 Å². The van der Waals surface area contributed by atoms with E-state index in [4.69, 9.17) is 23.2 Å². The van der Waals surface area contributed by atoms with Crippen LogP contribution in [0.25, 0.3) is 0 Å². The van der Waals surface area contributed by atoms with Crippen molar-refractivity contribution in [2.45, 2.75) is 13.5 Å². The molecule has 0 fully saturated rings. The average molecular weight is 312 g/mol. The third-order valence-corrected chi connectivity index (χ3v) is 3.37. The van der Waals surface area contributed by atoms with Crippen molar-refractivity contribution in [2.75, 3.05) is 5.32 Å². The molecule has 0 radical (unpaired) electrons. The van der Waals surface area contributed by atoms with Gasteiger partial charge in [-0.1, -0.05) is 29.3 Å². The lowest BCUT2D eigenvalue weighted by atomic mass is 10.3. The van der Waals surface area contributed by atoms with Gasteiger partial charge in [-0.3, -0.25) is 14.2 Å². The molecule has 0 spiro atoms. The van der Waals surface area contributed by atoms with Crippen LogP contribution in [0.2, 0.25) is 10.0 Å². The Balaban J connectivity index is 2.13. The summed E-state index contributed by atoms with van der Waals surface area (Å²) in [5.41, 5.74) is 0.715. The van der Waals surface area contributed by atoms with Crippen molar-refractivity contribution in [3.05, 3.63) is 56.7 Å². The highest BCUT2D eigenvalue weighted by Gasteiger charge is 2.09. The summed E-state index contributed by atoms with van der Waals surface area (Å²) in [5, 5.41) is 3.21. The van der Waals surface area contributed by atoms with Gasteiger partial charge in [0.05, 0.1) is 22.1 Å². The Labute approximate surface area is 125 Å². The van der Waals surface area contributed by atoms with E-state index in [1.54, 1.807) is 25.1 Å². The molecule has 0 bridgehead atoms. The Kier molecular flexibility index (Phi) is 4.42. The molecule has 0 unspecified atom stereocenters. The summed E-state index contributed by atoms with van der Waals surface area (Å²) in [6.07, 6.45) is 1.33. The zero-order valence-corrected chi connectivity index (χ0v) is 12.1. The van der Waals surface area contributed by atoms with Crippen molar-refractivity contribution < 1.29 is 4.79 Å². The van der Waals surface area contributed by atoms with Gasteiger partial charge in [-0.2, -0.15) is 0 Å². The molecular weight excluding hydrogens is 301 g/mol. The first kappa shape index (κ1) is 14.6. The molecule has 104 valence electrons. The Hall–Kier alpha value is -1.85. The van der Waals surface area contributed by atoms with Crippen molar-refractivity contribution in [3.63, 3.8) is 0 Å². The number of amides is 1. The molecule has 7 heteroatoms. The summed E-state index contributed by atoms with van der Waals surface area (Å²) in [6, 6.07) is 6.28. The molecule has 2 aromatic rings. The van der Waals surface area contributed by atoms with E-state index >= 15 is 0 Å². The minimum atomic E-state index is -0.387. The highest BCUT2D eigenvalue weighted by molar-refractivity contribution is 6.43. The van der Waals surface area contributed by atoms with Crippen molar-refractivity contribution in [1.29, 1.82) is 0 Å². The molecule has 5 nitrogen and oxygen atoms in total. The smallest absolute Gasteiger partial charge is 0.253 e. The van der Waals surface area contributed by atoms with Gasteiger partial charge in [0, 0.05) is 11.8 Å². The number of nitrogens with zero attached hydrogens (tertiary/aromatic N) is 2. The molecule has 1 aromatic carbocycles. The maximum atomic E-state index is 11.9. The summed E-state index contributed by atoms with van der Waals surface area (Å²) >= 11 is 11.8. The van der Waals surface area contributed by atoms with Gasteiger partial charge in [0.25, 0.3) is 5.56 Å². The molecule has 1 N–H and O–H groups in total. The van der Waals surface area contributed by atoms with Gasteiger partial charge in [0.15, 0.2) is 0 Å². The van der Waals surface area contributed by atoms with Crippen LogP contribution in [0.5, 0.6) is 0 Å². The SMILES string of the molecule is Cc1cc(=O)n(CC(=O)Nc2cccc(Cl)c2Cl)cn1. The van der Waals surface area contributed by atoms with E-state index in [-0.39, 0.29) is 23.0 Å². The van der Waals surface area contributed by atoms with E-state index < -0.39 is 0 Å². The predicted octanol–water partition coefficient (Wildman–Crippen LogP) is 2.50. The van der Waals surface area contributed by atoms with Crippen LogP contribution in [0.3, 0.4) is 0 Å². The molecule has 1 aromatic heterocycles. The van der Waals surface area contributed by atoms with Gasteiger partial charge in [0.2, 0.25) is 5.91 Å². The van der Waals surface area contributed by atoms with Crippen molar-refractivity contribution in [3.8, 4) is 0 Å². The Morgan fingerprint density at radius 1 is 1.40 bits per heavy atom. The van der Waals surface area contributed by atoms with Crippen molar-refractivity contribution >= 4 is 34.8 Å². The predicted molar refractivity (Wildman–Crippen MR) is 78.3 cm³/mol. The molecule has 0 aliphatic rings. The monoisotopic (exact) mass is 311 g/mol. The molecule has 1 heterocycles. The lowest BCUT2D eigenvalue weighted by molar-refractivity contribution is -0.116. The fourth-order valence-electron chi connectivity index (χ4n) is 1.58. The van der Waals surface area contributed by atoms with E-state index in [9.17, 15) is 9.59 Å². The average Bonchev–Trinajstić information content (AvgIpc) is 2.38. The van der Waals surface area contributed by atoms with Crippen LogP contribution >= 0.6 is 23.2 Å². The molecule has 2 rings (SSSR count). The van der Waals surface area contributed by atoms with Crippen LogP contribution < -0.4 is 10.9 Å². The largest absolute Gasteiger partial charge is 0.323 e. The standard InChI is InChI=1S/C13H11Cl2N3O2/c1-8-5-12(20)18(7-16-8)6-11(19)17-10-4-2-3-9(14)13(10)15/h2-5,7H,6H2,1H3,(H,17,19). The van der Waals surface area contributed by atoms with Gasteiger partial charge in [-0.15, -0.1) is 0 Å². The molecule has 0 aliphatic carbocycles. The zero-order valence-electron chi connectivity index (χ0n) is 10.6. The van der Waals surface area contributed by atoms with Crippen molar-refractivity contribution in [2.24, 2.45) is 0 Å². The van der Waals surface area contributed by atoms with E-state index in [0.717, 1.165) is 0 Å². The van der Waals surface area contributed by atoms with Crippen LogP contribution in [0.1, 0.15) is 5.69 Å². The highest BCUT2D eigenvalue weighted by atomic mass is 35.5. The maximum absolute atomic E-state index is 11.9. The number of halogens is 2. The zero-order chi connectivity index (χ0) is 14.7. The van der Waals surface area contributed by atoms with Crippen LogP contribution in [0.4, 0.5) is 5.69 Å². The Bertz CT molecular complexity index is 713. The maximum Gasteiger partial charge on any atom is 0.253 e. The first-order valence-electron chi connectivity index (χ1n) is 5.74. The quantitative estimate of drug-likeness (QED) is 0.947. The van der Waals surface area contributed by atoms with Crippen LogP contribution in [0, 0.1) is 6.92 Å². The van der Waals surface area contributed by atoms with E-state index in [0.29, 0.717) is 16.4 Å². The summed E-state index contributed by atoms with van der Waals surface area (Å²) in [4.78, 5) is 27.5. The number of carbonyl (C=O) groups is 1. The molecule has 1 amide bonds.